The van der Waals surface area contributed by atoms with Gasteiger partial charge in [0, 0.05) is 5.39 Å². The van der Waals surface area contributed by atoms with Gasteiger partial charge in [0.25, 0.3) is 0 Å². The number of aryl methyl sites for hydroxylation is 1. The SMILES string of the molecule is Cc1ccc(-n2nc3nc4ccccc4cc3c2Cl)cc1. The molecule has 0 amide bonds. The van der Waals surface area contributed by atoms with Gasteiger partial charge in [-0.3, -0.25) is 0 Å². The van der Waals surface area contributed by atoms with Crippen molar-refractivity contribution in [2.24, 2.45) is 0 Å². The van der Waals surface area contributed by atoms with Crippen LogP contribution in [0.25, 0.3) is 27.6 Å². The molecule has 4 rings (SSSR count). The highest BCUT2D eigenvalue weighted by Crippen LogP contribution is 2.28. The van der Waals surface area contributed by atoms with E-state index in [1.54, 1.807) is 4.68 Å². The maximum absolute atomic E-state index is 6.49. The van der Waals surface area contributed by atoms with E-state index in [0.717, 1.165) is 22.0 Å². The summed E-state index contributed by atoms with van der Waals surface area (Å²) >= 11 is 6.49. The molecule has 0 saturated heterocycles. The number of nitrogens with zero attached hydrogens (tertiary/aromatic N) is 3. The van der Waals surface area contributed by atoms with Crippen LogP contribution in [0.1, 0.15) is 5.56 Å². The molecule has 4 aromatic rings. The smallest absolute Gasteiger partial charge is 0.183 e. The molecular weight excluding hydrogens is 282 g/mol. The van der Waals surface area contributed by atoms with E-state index in [-0.39, 0.29) is 0 Å². The van der Waals surface area contributed by atoms with Gasteiger partial charge in [-0.05, 0) is 31.2 Å². The third-order valence-electron chi connectivity index (χ3n) is 3.59. The first-order valence-corrected chi connectivity index (χ1v) is 7.11. The number of hydrogen-bond donors (Lipinski definition) is 0. The number of halogens is 1. The number of pyridine rings is 1. The lowest BCUT2D eigenvalue weighted by Gasteiger charge is -2.02. The van der Waals surface area contributed by atoms with Gasteiger partial charge in [-0.1, -0.05) is 47.5 Å². The maximum Gasteiger partial charge on any atom is 0.183 e. The molecule has 3 nitrogen and oxygen atoms in total. The summed E-state index contributed by atoms with van der Waals surface area (Å²) in [6.45, 7) is 2.05. The van der Waals surface area contributed by atoms with Gasteiger partial charge in [-0.25, -0.2) is 9.67 Å². The lowest BCUT2D eigenvalue weighted by atomic mass is 10.2. The van der Waals surface area contributed by atoms with Crippen LogP contribution in [0.2, 0.25) is 5.15 Å². The number of benzene rings is 2. The van der Waals surface area contributed by atoms with Crippen LogP contribution in [0.15, 0.2) is 54.6 Å². The van der Waals surface area contributed by atoms with Crippen LogP contribution >= 0.6 is 11.6 Å². The average molecular weight is 294 g/mol. The molecule has 2 aromatic heterocycles. The number of aromatic nitrogens is 3. The first-order valence-electron chi connectivity index (χ1n) is 6.73. The molecular formula is C17H12ClN3. The molecule has 0 bridgehead atoms. The molecule has 0 fully saturated rings. The van der Waals surface area contributed by atoms with Gasteiger partial charge in [-0.2, -0.15) is 0 Å². The second-order valence-corrected chi connectivity index (χ2v) is 5.45. The highest BCUT2D eigenvalue weighted by Gasteiger charge is 2.12. The van der Waals surface area contributed by atoms with Gasteiger partial charge in [0.2, 0.25) is 0 Å². The first kappa shape index (κ1) is 12.4. The monoisotopic (exact) mass is 293 g/mol. The Morgan fingerprint density at radius 3 is 2.57 bits per heavy atom. The summed E-state index contributed by atoms with van der Waals surface area (Å²) < 4.78 is 1.73. The summed E-state index contributed by atoms with van der Waals surface area (Å²) in [6.07, 6.45) is 0. The van der Waals surface area contributed by atoms with Crippen molar-refractivity contribution >= 4 is 33.5 Å². The molecule has 4 heteroatoms. The Balaban J connectivity index is 2.00. The van der Waals surface area contributed by atoms with Crippen molar-refractivity contribution in [2.75, 3.05) is 0 Å². The van der Waals surface area contributed by atoms with E-state index < -0.39 is 0 Å². The predicted octanol–water partition coefficient (Wildman–Crippen LogP) is 4.54. The van der Waals surface area contributed by atoms with Gasteiger partial charge in [0.1, 0.15) is 5.15 Å². The molecule has 2 aromatic carbocycles. The topological polar surface area (TPSA) is 30.7 Å². The zero-order valence-electron chi connectivity index (χ0n) is 11.4. The fourth-order valence-electron chi connectivity index (χ4n) is 2.44. The van der Waals surface area contributed by atoms with Crippen molar-refractivity contribution in [3.8, 4) is 5.69 Å². The third kappa shape index (κ3) is 1.98. The minimum absolute atomic E-state index is 0.590. The number of hydrogen-bond acceptors (Lipinski definition) is 2. The van der Waals surface area contributed by atoms with E-state index in [4.69, 9.17) is 11.6 Å². The Morgan fingerprint density at radius 1 is 1.00 bits per heavy atom. The number of fused-ring (bicyclic) bond motifs is 2. The minimum atomic E-state index is 0.590. The standard InChI is InChI=1S/C17H12ClN3/c1-11-6-8-13(9-7-11)21-16(18)14-10-12-4-2-3-5-15(12)19-17(14)20-21/h2-10H,1H3. The second kappa shape index (κ2) is 4.57. The summed E-state index contributed by atoms with van der Waals surface area (Å²) in [5.74, 6) is 0. The van der Waals surface area contributed by atoms with Gasteiger partial charge in [-0.15, -0.1) is 5.10 Å². The second-order valence-electron chi connectivity index (χ2n) is 5.09. The Bertz CT molecular complexity index is 955. The Hall–Kier alpha value is -2.39. The fourth-order valence-corrected chi connectivity index (χ4v) is 2.72. The van der Waals surface area contributed by atoms with Crippen LogP contribution < -0.4 is 0 Å². The van der Waals surface area contributed by atoms with Crippen molar-refractivity contribution in [3.05, 3.63) is 65.3 Å². The molecule has 21 heavy (non-hydrogen) atoms. The van der Waals surface area contributed by atoms with E-state index in [1.807, 2.05) is 54.6 Å². The molecule has 0 aliphatic heterocycles. The highest BCUT2D eigenvalue weighted by molar-refractivity contribution is 6.34. The van der Waals surface area contributed by atoms with E-state index in [0.29, 0.717) is 10.8 Å². The van der Waals surface area contributed by atoms with Crippen LogP contribution in [0.3, 0.4) is 0 Å². The van der Waals surface area contributed by atoms with Crippen LogP contribution in [-0.4, -0.2) is 14.8 Å². The fraction of sp³-hybridized carbons (Fsp3) is 0.0588. The molecule has 0 spiro atoms. The normalized spacial score (nSPS) is 11.3. The molecule has 0 saturated carbocycles. The van der Waals surface area contributed by atoms with E-state index >= 15 is 0 Å². The first-order chi connectivity index (χ1) is 10.2. The number of rotatable bonds is 1. The average Bonchev–Trinajstić information content (AvgIpc) is 2.82. The summed E-state index contributed by atoms with van der Waals surface area (Å²) in [4.78, 5) is 4.59. The van der Waals surface area contributed by atoms with Crippen LogP contribution in [-0.2, 0) is 0 Å². The molecule has 2 heterocycles. The third-order valence-corrected chi connectivity index (χ3v) is 3.95. The zero-order chi connectivity index (χ0) is 14.4. The molecule has 0 radical (unpaired) electrons. The summed E-state index contributed by atoms with van der Waals surface area (Å²) in [5, 5.41) is 7.06. The van der Waals surface area contributed by atoms with Crippen LogP contribution in [0.5, 0.6) is 0 Å². The van der Waals surface area contributed by atoms with Crippen molar-refractivity contribution in [1.29, 1.82) is 0 Å². The predicted molar refractivity (Wildman–Crippen MR) is 86.1 cm³/mol. The minimum Gasteiger partial charge on any atom is -0.226 e. The summed E-state index contributed by atoms with van der Waals surface area (Å²) in [7, 11) is 0. The Labute approximate surface area is 126 Å². The molecule has 0 aliphatic rings. The van der Waals surface area contributed by atoms with Gasteiger partial charge < -0.3 is 0 Å². The molecule has 0 unspecified atom stereocenters. The molecule has 102 valence electrons. The van der Waals surface area contributed by atoms with Gasteiger partial charge >= 0.3 is 0 Å². The van der Waals surface area contributed by atoms with Crippen LogP contribution in [0.4, 0.5) is 0 Å². The van der Waals surface area contributed by atoms with Crippen molar-refractivity contribution in [2.45, 2.75) is 6.92 Å². The van der Waals surface area contributed by atoms with E-state index in [9.17, 15) is 0 Å². The Morgan fingerprint density at radius 2 is 1.76 bits per heavy atom. The Kier molecular flexibility index (Phi) is 2.69. The number of para-hydroxylation sites is 1. The summed E-state index contributed by atoms with van der Waals surface area (Å²) in [6, 6.07) is 18.1. The van der Waals surface area contributed by atoms with E-state index in [1.165, 1.54) is 5.56 Å². The zero-order valence-corrected chi connectivity index (χ0v) is 12.2. The lowest BCUT2D eigenvalue weighted by molar-refractivity contribution is 0.891. The highest BCUT2D eigenvalue weighted by atomic mass is 35.5. The van der Waals surface area contributed by atoms with Gasteiger partial charge in [0.05, 0.1) is 16.6 Å². The van der Waals surface area contributed by atoms with Gasteiger partial charge in [0.15, 0.2) is 5.65 Å². The quantitative estimate of drug-likeness (QED) is 0.516. The molecule has 0 atom stereocenters. The molecule has 0 N–H and O–H groups in total. The van der Waals surface area contributed by atoms with Crippen molar-refractivity contribution < 1.29 is 0 Å². The van der Waals surface area contributed by atoms with Crippen LogP contribution in [0, 0.1) is 6.92 Å². The lowest BCUT2D eigenvalue weighted by Crippen LogP contribution is -1.95. The summed E-state index contributed by atoms with van der Waals surface area (Å²) in [5.41, 5.74) is 3.73. The molecule has 0 aliphatic carbocycles. The maximum atomic E-state index is 6.49. The van der Waals surface area contributed by atoms with Crippen molar-refractivity contribution in [1.82, 2.24) is 14.8 Å². The largest absolute Gasteiger partial charge is 0.226 e. The van der Waals surface area contributed by atoms with E-state index in [2.05, 4.69) is 17.0 Å². The van der Waals surface area contributed by atoms with Crippen molar-refractivity contribution in [3.63, 3.8) is 0 Å².